The minimum Gasteiger partial charge on any atom is -0.335 e. The Bertz CT molecular complexity index is 861. The highest BCUT2D eigenvalue weighted by atomic mass is 32.2. The van der Waals surface area contributed by atoms with Crippen LogP contribution in [0.5, 0.6) is 0 Å². The van der Waals surface area contributed by atoms with Crippen molar-refractivity contribution in [2.24, 2.45) is 4.99 Å². The summed E-state index contributed by atoms with van der Waals surface area (Å²) in [5, 5.41) is 13.1. The van der Waals surface area contributed by atoms with E-state index in [4.69, 9.17) is 10.3 Å². The molecule has 0 saturated heterocycles. The van der Waals surface area contributed by atoms with Gasteiger partial charge in [0.2, 0.25) is 0 Å². The topological polar surface area (TPSA) is 61.1 Å². The molecule has 0 amide bonds. The second-order valence-corrected chi connectivity index (χ2v) is 6.35. The Labute approximate surface area is 157 Å². The lowest BCUT2D eigenvalue weighted by atomic mass is 10.0. The van der Waals surface area contributed by atoms with E-state index in [1.165, 1.54) is 0 Å². The van der Waals surface area contributed by atoms with E-state index < -0.39 is 0 Å². The van der Waals surface area contributed by atoms with E-state index >= 15 is 0 Å². The molecule has 26 heavy (non-hydrogen) atoms. The van der Waals surface area contributed by atoms with Crippen molar-refractivity contribution >= 4 is 22.6 Å². The summed E-state index contributed by atoms with van der Waals surface area (Å²) in [6.45, 7) is 0. The van der Waals surface area contributed by atoms with Gasteiger partial charge in [-0.1, -0.05) is 48.2 Å². The molecule has 1 heterocycles. The van der Waals surface area contributed by atoms with Crippen LogP contribution in [0.2, 0.25) is 0 Å². The third-order valence-electron chi connectivity index (χ3n) is 3.82. The summed E-state index contributed by atoms with van der Waals surface area (Å²) in [5.74, 6) is 0. The SMILES string of the molecule is CSC(=NC(c1ccccc1)c1cccnc1)Nc1ccc(C#N)cc1. The lowest BCUT2D eigenvalue weighted by Gasteiger charge is -2.16. The Hall–Kier alpha value is -3.10. The number of nitrogens with zero attached hydrogens (tertiary/aromatic N) is 3. The van der Waals surface area contributed by atoms with Crippen LogP contribution in [0.25, 0.3) is 0 Å². The maximum absolute atomic E-state index is 8.92. The van der Waals surface area contributed by atoms with E-state index in [0.717, 1.165) is 22.0 Å². The number of aliphatic imine (C=N–C) groups is 1. The molecular weight excluding hydrogens is 340 g/mol. The maximum atomic E-state index is 8.92. The van der Waals surface area contributed by atoms with Gasteiger partial charge in [-0.15, -0.1) is 0 Å². The number of rotatable bonds is 4. The number of nitrogens with one attached hydrogen (secondary N) is 1. The summed E-state index contributed by atoms with van der Waals surface area (Å²) in [6, 6.07) is 23.5. The average molecular weight is 358 g/mol. The second-order valence-electron chi connectivity index (χ2n) is 5.55. The number of anilines is 1. The van der Waals surface area contributed by atoms with Crippen LogP contribution in [0.3, 0.4) is 0 Å². The number of nitriles is 1. The lowest BCUT2D eigenvalue weighted by molar-refractivity contribution is 0.867. The van der Waals surface area contributed by atoms with Gasteiger partial charge < -0.3 is 5.32 Å². The standard InChI is InChI=1S/C21H18N4S/c1-26-21(24-19-11-9-16(14-22)10-12-19)25-20(17-6-3-2-4-7-17)18-8-5-13-23-15-18/h2-13,15,20H,1H3,(H,24,25). The van der Waals surface area contributed by atoms with Crippen LogP contribution in [-0.4, -0.2) is 16.4 Å². The number of hydrogen-bond donors (Lipinski definition) is 1. The Balaban J connectivity index is 1.92. The summed E-state index contributed by atoms with van der Waals surface area (Å²) >= 11 is 1.55. The molecule has 1 aromatic heterocycles. The van der Waals surface area contributed by atoms with E-state index in [2.05, 4.69) is 28.5 Å². The van der Waals surface area contributed by atoms with Gasteiger partial charge in [-0.3, -0.25) is 4.98 Å². The average Bonchev–Trinajstić information content (AvgIpc) is 2.73. The summed E-state index contributed by atoms with van der Waals surface area (Å²) in [4.78, 5) is 9.18. The Kier molecular flexibility index (Phi) is 6.02. The minimum atomic E-state index is -0.141. The third kappa shape index (κ3) is 4.50. The smallest absolute Gasteiger partial charge is 0.161 e. The van der Waals surface area contributed by atoms with Crippen LogP contribution in [-0.2, 0) is 0 Å². The van der Waals surface area contributed by atoms with Crippen molar-refractivity contribution in [3.63, 3.8) is 0 Å². The highest BCUT2D eigenvalue weighted by Gasteiger charge is 2.14. The molecular formula is C21H18N4S. The minimum absolute atomic E-state index is 0.141. The van der Waals surface area contributed by atoms with Crippen molar-refractivity contribution in [1.29, 1.82) is 5.26 Å². The monoisotopic (exact) mass is 358 g/mol. The van der Waals surface area contributed by atoms with Crippen molar-refractivity contribution < 1.29 is 0 Å². The number of thioether (sulfide) groups is 1. The van der Waals surface area contributed by atoms with Crippen molar-refractivity contribution in [3.05, 3.63) is 95.8 Å². The van der Waals surface area contributed by atoms with Crippen LogP contribution in [0, 0.1) is 11.3 Å². The molecule has 3 rings (SSSR count). The van der Waals surface area contributed by atoms with Gasteiger partial charge in [0.25, 0.3) is 0 Å². The molecule has 0 aliphatic rings. The van der Waals surface area contributed by atoms with E-state index in [1.54, 1.807) is 30.1 Å². The number of aromatic nitrogens is 1. The fourth-order valence-corrected chi connectivity index (χ4v) is 2.95. The largest absolute Gasteiger partial charge is 0.335 e. The normalized spacial score (nSPS) is 12.2. The number of benzene rings is 2. The molecule has 128 valence electrons. The molecule has 3 aromatic rings. The van der Waals surface area contributed by atoms with Crippen molar-refractivity contribution in [1.82, 2.24) is 4.98 Å². The predicted octanol–water partition coefficient (Wildman–Crippen LogP) is 4.87. The van der Waals surface area contributed by atoms with Crippen LogP contribution >= 0.6 is 11.8 Å². The van der Waals surface area contributed by atoms with Gasteiger partial charge in [0.05, 0.1) is 11.6 Å². The molecule has 5 heteroatoms. The molecule has 0 aliphatic heterocycles. The van der Waals surface area contributed by atoms with Crippen LogP contribution in [0.4, 0.5) is 5.69 Å². The van der Waals surface area contributed by atoms with Gasteiger partial charge in [0.1, 0.15) is 6.04 Å². The Morgan fingerprint density at radius 1 is 1.04 bits per heavy atom. The zero-order valence-corrected chi connectivity index (χ0v) is 15.1. The first-order valence-electron chi connectivity index (χ1n) is 8.14. The third-order valence-corrected chi connectivity index (χ3v) is 4.41. The molecule has 1 N–H and O–H groups in total. The first-order valence-corrected chi connectivity index (χ1v) is 9.36. The zero-order chi connectivity index (χ0) is 18.2. The first-order chi connectivity index (χ1) is 12.8. The van der Waals surface area contributed by atoms with Gasteiger partial charge in [-0.05, 0) is 47.7 Å². The second kappa shape index (κ2) is 8.84. The Morgan fingerprint density at radius 2 is 1.77 bits per heavy atom. The summed E-state index contributed by atoms with van der Waals surface area (Å²) in [5.41, 5.74) is 3.67. The van der Waals surface area contributed by atoms with Gasteiger partial charge >= 0.3 is 0 Å². The molecule has 1 atom stereocenters. The van der Waals surface area contributed by atoms with E-state index in [-0.39, 0.29) is 6.04 Å². The molecule has 4 nitrogen and oxygen atoms in total. The van der Waals surface area contributed by atoms with E-state index in [9.17, 15) is 0 Å². The van der Waals surface area contributed by atoms with Crippen LogP contribution < -0.4 is 5.32 Å². The number of hydrogen-bond acceptors (Lipinski definition) is 4. The predicted molar refractivity (Wildman–Crippen MR) is 108 cm³/mol. The van der Waals surface area contributed by atoms with Gasteiger partial charge in [-0.25, -0.2) is 4.99 Å². The molecule has 0 bridgehead atoms. The van der Waals surface area contributed by atoms with E-state index in [1.807, 2.05) is 54.9 Å². The van der Waals surface area contributed by atoms with Gasteiger partial charge in [0, 0.05) is 18.1 Å². The highest BCUT2D eigenvalue weighted by molar-refractivity contribution is 8.13. The maximum Gasteiger partial charge on any atom is 0.161 e. The number of pyridine rings is 1. The molecule has 0 saturated carbocycles. The van der Waals surface area contributed by atoms with Crippen LogP contribution in [0.15, 0.2) is 84.1 Å². The summed E-state index contributed by atoms with van der Waals surface area (Å²) in [6.07, 6.45) is 5.60. The summed E-state index contributed by atoms with van der Waals surface area (Å²) in [7, 11) is 0. The van der Waals surface area contributed by atoms with Crippen LogP contribution in [0.1, 0.15) is 22.7 Å². The summed E-state index contributed by atoms with van der Waals surface area (Å²) < 4.78 is 0. The van der Waals surface area contributed by atoms with Crippen molar-refractivity contribution in [2.75, 3.05) is 11.6 Å². The molecule has 1 unspecified atom stereocenters. The van der Waals surface area contributed by atoms with Crippen molar-refractivity contribution in [2.45, 2.75) is 6.04 Å². The Morgan fingerprint density at radius 3 is 2.38 bits per heavy atom. The molecule has 0 spiro atoms. The first kappa shape index (κ1) is 17.7. The van der Waals surface area contributed by atoms with Crippen molar-refractivity contribution in [3.8, 4) is 6.07 Å². The lowest BCUT2D eigenvalue weighted by Crippen LogP contribution is -2.11. The molecule has 2 aromatic carbocycles. The zero-order valence-electron chi connectivity index (χ0n) is 14.3. The fourth-order valence-electron chi connectivity index (χ4n) is 2.52. The molecule has 0 aliphatic carbocycles. The molecule has 0 radical (unpaired) electrons. The quantitative estimate of drug-likeness (QED) is 0.534. The molecule has 0 fully saturated rings. The van der Waals surface area contributed by atoms with E-state index in [0.29, 0.717) is 5.56 Å². The number of amidine groups is 1. The highest BCUT2D eigenvalue weighted by Crippen LogP contribution is 2.27. The van der Waals surface area contributed by atoms with Gasteiger partial charge in [-0.2, -0.15) is 5.26 Å². The fraction of sp³-hybridized carbons (Fsp3) is 0.0952. The van der Waals surface area contributed by atoms with Gasteiger partial charge in [0.15, 0.2) is 5.17 Å².